The van der Waals surface area contributed by atoms with Crippen LogP contribution in [0, 0.1) is 0 Å². The second kappa shape index (κ2) is 6.05. The lowest BCUT2D eigenvalue weighted by atomic mass is 9.90. The molecule has 0 aliphatic rings. The Kier molecular flexibility index (Phi) is 5.26. The molecule has 0 aliphatic heterocycles. The largest absolute Gasteiger partial charge is 0.385 e. The van der Waals surface area contributed by atoms with E-state index < -0.39 is 11.7 Å². The molecule has 0 saturated heterocycles. The van der Waals surface area contributed by atoms with E-state index in [1.165, 1.54) is 0 Å². The van der Waals surface area contributed by atoms with Crippen molar-refractivity contribution in [2.75, 3.05) is 6.61 Å². The van der Waals surface area contributed by atoms with E-state index in [1.54, 1.807) is 18.2 Å². The summed E-state index contributed by atoms with van der Waals surface area (Å²) in [5.41, 5.74) is 0.114. The van der Waals surface area contributed by atoms with E-state index in [1.807, 2.05) is 20.8 Å². The minimum absolute atomic E-state index is 0.443. The predicted molar refractivity (Wildman–Crippen MR) is 71.7 cm³/mol. The van der Waals surface area contributed by atoms with Crippen molar-refractivity contribution in [3.05, 3.63) is 33.8 Å². The molecule has 1 N–H and O–H groups in total. The summed E-state index contributed by atoms with van der Waals surface area (Å²) in [5.74, 6) is 0. The Balaban J connectivity index is 3.01. The van der Waals surface area contributed by atoms with Crippen molar-refractivity contribution in [2.24, 2.45) is 0 Å². The van der Waals surface area contributed by atoms with Gasteiger partial charge in [-0.1, -0.05) is 36.2 Å². The topological polar surface area (TPSA) is 29.5 Å². The number of ether oxygens (including phenoxy) is 1. The Hall–Kier alpha value is -0.280. The fraction of sp³-hybridized carbons (Fsp3) is 0.538. The quantitative estimate of drug-likeness (QED) is 0.872. The van der Waals surface area contributed by atoms with Crippen LogP contribution in [0.2, 0.25) is 10.0 Å². The van der Waals surface area contributed by atoms with Gasteiger partial charge in [0.05, 0.1) is 15.6 Å². The van der Waals surface area contributed by atoms with Gasteiger partial charge in [0, 0.05) is 6.61 Å². The molecule has 0 radical (unpaired) electrons. The minimum Gasteiger partial charge on any atom is -0.385 e. The second-order valence-electron chi connectivity index (χ2n) is 4.18. The fourth-order valence-corrected chi connectivity index (χ4v) is 2.05. The van der Waals surface area contributed by atoms with Crippen molar-refractivity contribution in [3.8, 4) is 0 Å². The van der Waals surface area contributed by atoms with Crippen LogP contribution in [0.4, 0.5) is 0 Å². The first-order valence-electron chi connectivity index (χ1n) is 5.71. The molecule has 0 aromatic heterocycles. The van der Waals surface area contributed by atoms with Gasteiger partial charge in [-0.3, -0.25) is 0 Å². The number of aliphatic hydroxyl groups is 1. The second-order valence-corrected chi connectivity index (χ2v) is 4.99. The number of hydrogen-bond donors (Lipinski definition) is 1. The molecule has 2 atom stereocenters. The minimum atomic E-state index is -0.720. The van der Waals surface area contributed by atoms with E-state index >= 15 is 0 Å². The summed E-state index contributed by atoms with van der Waals surface area (Å²) in [6, 6.07) is 5.14. The summed E-state index contributed by atoms with van der Waals surface area (Å²) in [5, 5.41) is 11.3. The van der Waals surface area contributed by atoms with Crippen LogP contribution in [-0.4, -0.2) is 17.3 Å². The van der Waals surface area contributed by atoms with Crippen LogP contribution in [0.15, 0.2) is 18.2 Å². The summed E-state index contributed by atoms with van der Waals surface area (Å²) in [6.45, 7) is 6.35. The maximum Gasteiger partial charge on any atom is 0.108 e. The molecular weight excluding hydrogens is 259 g/mol. The lowest BCUT2D eigenvalue weighted by molar-refractivity contribution is -0.113. The number of benzene rings is 1. The first-order chi connectivity index (χ1) is 7.94. The molecular formula is C13H18Cl2O2. The molecule has 1 aromatic carbocycles. The SMILES string of the molecule is CCOC(C)(CC)C(O)c1ccc(Cl)c(Cl)c1. The molecule has 4 heteroatoms. The Morgan fingerprint density at radius 3 is 2.41 bits per heavy atom. The third kappa shape index (κ3) is 3.35. The number of halogens is 2. The van der Waals surface area contributed by atoms with Gasteiger partial charge in [-0.15, -0.1) is 0 Å². The molecule has 0 saturated carbocycles. The smallest absolute Gasteiger partial charge is 0.108 e. The normalized spacial score (nSPS) is 16.6. The molecule has 2 unspecified atom stereocenters. The molecule has 0 bridgehead atoms. The highest BCUT2D eigenvalue weighted by atomic mass is 35.5. The lowest BCUT2D eigenvalue weighted by Gasteiger charge is -2.33. The molecule has 1 rings (SSSR count). The van der Waals surface area contributed by atoms with Gasteiger partial charge in [0.25, 0.3) is 0 Å². The molecule has 0 heterocycles. The van der Waals surface area contributed by atoms with Gasteiger partial charge in [0.2, 0.25) is 0 Å². The number of rotatable bonds is 5. The van der Waals surface area contributed by atoms with Crippen LogP contribution in [0.25, 0.3) is 0 Å². The van der Waals surface area contributed by atoms with Gasteiger partial charge < -0.3 is 9.84 Å². The molecule has 0 spiro atoms. The number of aliphatic hydroxyl groups excluding tert-OH is 1. The van der Waals surface area contributed by atoms with Gasteiger partial charge in [0.1, 0.15) is 6.10 Å². The van der Waals surface area contributed by atoms with Crippen molar-refractivity contribution < 1.29 is 9.84 Å². The van der Waals surface area contributed by atoms with Gasteiger partial charge in [-0.25, -0.2) is 0 Å². The maximum atomic E-state index is 10.4. The standard InChI is InChI=1S/C13H18Cl2O2/c1-4-13(3,17-5-2)12(16)9-6-7-10(14)11(15)8-9/h6-8,12,16H,4-5H2,1-3H3. The zero-order chi connectivity index (χ0) is 13.1. The predicted octanol–water partition coefficient (Wildman–Crippen LogP) is 4.23. The fourth-order valence-electron chi connectivity index (χ4n) is 1.74. The molecule has 1 aromatic rings. The van der Waals surface area contributed by atoms with Crippen molar-refractivity contribution in [1.29, 1.82) is 0 Å². The Morgan fingerprint density at radius 2 is 1.94 bits per heavy atom. The van der Waals surface area contributed by atoms with E-state index in [4.69, 9.17) is 27.9 Å². The lowest BCUT2D eigenvalue weighted by Crippen LogP contribution is -2.35. The maximum absolute atomic E-state index is 10.4. The summed E-state index contributed by atoms with van der Waals surface area (Å²) in [7, 11) is 0. The molecule has 0 amide bonds. The highest BCUT2D eigenvalue weighted by Gasteiger charge is 2.33. The zero-order valence-corrected chi connectivity index (χ0v) is 11.8. The first-order valence-corrected chi connectivity index (χ1v) is 6.47. The summed E-state index contributed by atoms with van der Waals surface area (Å²) >= 11 is 11.8. The van der Waals surface area contributed by atoms with Crippen LogP contribution in [-0.2, 0) is 4.74 Å². The van der Waals surface area contributed by atoms with E-state index in [-0.39, 0.29) is 0 Å². The van der Waals surface area contributed by atoms with Crippen LogP contribution < -0.4 is 0 Å². The van der Waals surface area contributed by atoms with Gasteiger partial charge in [0.15, 0.2) is 0 Å². The third-order valence-electron chi connectivity index (χ3n) is 3.01. The average Bonchev–Trinajstić information content (AvgIpc) is 2.32. The van der Waals surface area contributed by atoms with Crippen LogP contribution >= 0.6 is 23.2 Å². The third-order valence-corrected chi connectivity index (χ3v) is 3.75. The Bertz CT molecular complexity index is 382. The number of hydrogen-bond acceptors (Lipinski definition) is 2. The summed E-state index contributed by atoms with van der Waals surface area (Å²) in [4.78, 5) is 0. The van der Waals surface area contributed by atoms with E-state index in [0.717, 1.165) is 5.56 Å². The molecule has 2 nitrogen and oxygen atoms in total. The van der Waals surface area contributed by atoms with Gasteiger partial charge in [-0.05, 0) is 38.0 Å². The van der Waals surface area contributed by atoms with E-state index in [9.17, 15) is 5.11 Å². The molecule has 0 fully saturated rings. The van der Waals surface area contributed by atoms with Crippen LogP contribution in [0.5, 0.6) is 0 Å². The van der Waals surface area contributed by atoms with Crippen LogP contribution in [0.1, 0.15) is 38.9 Å². The molecule has 0 aliphatic carbocycles. The zero-order valence-electron chi connectivity index (χ0n) is 10.3. The highest BCUT2D eigenvalue weighted by Crippen LogP contribution is 2.34. The van der Waals surface area contributed by atoms with Crippen LogP contribution in [0.3, 0.4) is 0 Å². The highest BCUT2D eigenvalue weighted by molar-refractivity contribution is 6.42. The Labute approximate surface area is 113 Å². The van der Waals surface area contributed by atoms with E-state index in [0.29, 0.717) is 23.1 Å². The van der Waals surface area contributed by atoms with Gasteiger partial charge in [-0.2, -0.15) is 0 Å². The monoisotopic (exact) mass is 276 g/mol. The first kappa shape index (κ1) is 14.8. The van der Waals surface area contributed by atoms with Crippen molar-refractivity contribution in [2.45, 2.75) is 38.9 Å². The average molecular weight is 277 g/mol. The van der Waals surface area contributed by atoms with Gasteiger partial charge >= 0.3 is 0 Å². The van der Waals surface area contributed by atoms with Crippen molar-refractivity contribution in [1.82, 2.24) is 0 Å². The van der Waals surface area contributed by atoms with E-state index in [2.05, 4.69) is 0 Å². The summed E-state index contributed by atoms with van der Waals surface area (Å²) < 4.78 is 5.64. The Morgan fingerprint density at radius 1 is 1.29 bits per heavy atom. The van der Waals surface area contributed by atoms with Crippen molar-refractivity contribution in [3.63, 3.8) is 0 Å². The molecule has 17 heavy (non-hydrogen) atoms. The van der Waals surface area contributed by atoms with Crippen molar-refractivity contribution >= 4 is 23.2 Å². The molecule has 96 valence electrons. The summed E-state index contributed by atoms with van der Waals surface area (Å²) in [6.07, 6.45) is -0.00960.